The van der Waals surface area contributed by atoms with Gasteiger partial charge in [-0.3, -0.25) is 0 Å². The van der Waals surface area contributed by atoms with Gasteiger partial charge in [-0.05, 0) is 32.7 Å². The molecule has 1 aliphatic carbocycles. The fourth-order valence-electron chi connectivity index (χ4n) is 3.12. The lowest BCUT2D eigenvalue weighted by Crippen LogP contribution is -2.63. The second-order valence-electron chi connectivity index (χ2n) is 6.18. The number of amides is 2. The Morgan fingerprint density at radius 1 is 1.25 bits per heavy atom. The second-order valence-corrected chi connectivity index (χ2v) is 6.62. The molecular formula is C14H26N4OS. The van der Waals surface area contributed by atoms with Crippen molar-refractivity contribution in [3.8, 4) is 0 Å². The molecule has 6 heteroatoms. The molecule has 0 spiro atoms. The molecule has 1 aliphatic heterocycles. The zero-order valence-corrected chi connectivity index (χ0v) is 13.1. The average molecular weight is 298 g/mol. The minimum absolute atomic E-state index is 0.116. The van der Waals surface area contributed by atoms with Crippen molar-refractivity contribution in [1.82, 2.24) is 15.5 Å². The third-order valence-electron chi connectivity index (χ3n) is 4.61. The van der Waals surface area contributed by atoms with Crippen LogP contribution in [0.15, 0.2) is 0 Å². The summed E-state index contributed by atoms with van der Waals surface area (Å²) in [7, 11) is 2.07. The van der Waals surface area contributed by atoms with Gasteiger partial charge in [0.2, 0.25) is 0 Å². The minimum Gasteiger partial charge on any atom is -0.391 e. The van der Waals surface area contributed by atoms with E-state index in [1.54, 1.807) is 0 Å². The molecule has 1 saturated carbocycles. The van der Waals surface area contributed by atoms with E-state index in [0.717, 1.165) is 38.8 Å². The Morgan fingerprint density at radius 3 is 2.40 bits per heavy atom. The molecule has 2 rings (SSSR count). The highest BCUT2D eigenvalue weighted by Crippen LogP contribution is 2.22. The number of carbonyl (C=O) groups is 1. The summed E-state index contributed by atoms with van der Waals surface area (Å²) >= 11 is 5.21. The average Bonchev–Trinajstić information content (AvgIpc) is 2.42. The molecule has 0 aromatic rings. The molecule has 0 unspecified atom stereocenters. The number of carbonyl (C=O) groups excluding carboxylic acids is 1. The van der Waals surface area contributed by atoms with Crippen molar-refractivity contribution in [2.75, 3.05) is 20.1 Å². The monoisotopic (exact) mass is 298 g/mol. The van der Waals surface area contributed by atoms with E-state index < -0.39 is 5.54 Å². The molecule has 0 bridgehead atoms. The molecule has 0 aromatic heterocycles. The van der Waals surface area contributed by atoms with Crippen LogP contribution in [0.2, 0.25) is 0 Å². The zero-order valence-electron chi connectivity index (χ0n) is 12.3. The van der Waals surface area contributed by atoms with Crippen LogP contribution < -0.4 is 16.4 Å². The summed E-state index contributed by atoms with van der Waals surface area (Å²) in [6, 6.07) is 0.188. The van der Waals surface area contributed by atoms with Crippen molar-refractivity contribution in [2.24, 2.45) is 5.73 Å². The van der Waals surface area contributed by atoms with Crippen LogP contribution >= 0.6 is 12.2 Å². The number of nitrogens with zero attached hydrogens (tertiary/aromatic N) is 1. The summed E-state index contributed by atoms with van der Waals surface area (Å²) in [6.07, 6.45) is 7.43. The number of likely N-dealkylation sites (tertiary alicyclic amines) is 1. The van der Waals surface area contributed by atoms with Crippen molar-refractivity contribution >= 4 is 23.2 Å². The molecule has 0 aromatic carbocycles. The largest absolute Gasteiger partial charge is 0.391 e. The summed E-state index contributed by atoms with van der Waals surface area (Å²) < 4.78 is 0. The van der Waals surface area contributed by atoms with Gasteiger partial charge in [-0.1, -0.05) is 31.5 Å². The Bertz CT molecular complexity index is 360. The highest BCUT2D eigenvalue weighted by Gasteiger charge is 2.38. The van der Waals surface area contributed by atoms with E-state index >= 15 is 0 Å². The summed E-state index contributed by atoms with van der Waals surface area (Å²) in [5.74, 6) is 0. The lowest BCUT2D eigenvalue weighted by molar-refractivity contribution is 0.190. The van der Waals surface area contributed by atoms with Crippen molar-refractivity contribution in [1.29, 1.82) is 0 Å². The lowest BCUT2D eigenvalue weighted by Gasteiger charge is -2.40. The molecule has 1 heterocycles. The van der Waals surface area contributed by atoms with Crippen LogP contribution in [0.4, 0.5) is 4.79 Å². The maximum absolute atomic E-state index is 12.2. The Labute approximate surface area is 126 Å². The van der Waals surface area contributed by atoms with E-state index in [-0.39, 0.29) is 6.03 Å². The molecule has 2 aliphatic rings. The van der Waals surface area contributed by atoms with Gasteiger partial charge in [-0.25, -0.2) is 4.79 Å². The SMILES string of the molecule is CN1CCC(NC(=O)NC2CCCCC2)(C(N)=S)CC1. The van der Waals surface area contributed by atoms with E-state index in [9.17, 15) is 4.79 Å². The number of nitrogens with one attached hydrogen (secondary N) is 2. The highest BCUT2D eigenvalue weighted by molar-refractivity contribution is 7.80. The van der Waals surface area contributed by atoms with E-state index in [4.69, 9.17) is 18.0 Å². The number of nitrogens with two attached hydrogens (primary N) is 1. The van der Waals surface area contributed by atoms with Gasteiger partial charge in [0.25, 0.3) is 0 Å². The number of thiocarbonyl (C=S) groups is 1. The molecule has 0 atom stereocenters. The molecular weight excluding hydrogens is 272 g/mol. The Morgan fingerprint density at radius 2 is 1.85 bits per heavy atom. The van der Waals surface area contributed by atoms with Crippen LogP contribution in [0.5, 0.6) is 0 Å². The summed E-state index contributed by atoms with van der Waals surface area (Å²) in [4.78, 5) is 14.9. The second kappa shape index (κ2) is 6.72. The predicted molar refractivity (Wildman–Crippen MR) is 84.8 cm³/mol. The van der Waals surface area contributed by atoms with Crippen molar-refractivity contribution in [3.05, 3.63) is 0 Å². The quantitative estimate of drug-likeness (QED) is 0.688. The number of hydrogen-bond acceptors (Lipinski definition) is 3. The van der Waals surface area contributed by atoms with Gasteiger partial charge in [0.1, 0.15) is 0 Å². The highest BCUT2D eigenvalue weighted by atomic mass is 32.1. The fraction of sp³-hybridized carbons (Fsp3) is 0.857. The summed E-state index contributed by atoms with van der Waals surface area (Å²) in [6.45, 7) is 1.81. The van der Waals surface area contributed by atoms with Gasteiger partial charge in [-0.15, -0.1) is 0 Å². The number of rotatable bonds is 3. The predicted octanol–water partition coefficient (Wildman–Crippen LogP) is 1.37. The van der Waals surface area contributed by atoms with Crippen LogP contribution in [0, 0.1) is 0 Å². The van der Waals surface area contributed by atoms with Gasteiger partial charge in [-0.2, -0.15) is 0 Å². The van der Waals surface area contributed by atoms with Gasteiger partial charge < -0.3 is 21.3 Å². The van der Waals surface area contributed by atoms with Gasteiger partial charge >= 0.3 is 6.03 Å². The van der Waals surface area contributed by atoms with E-state index in [2.05, 4.69) is 22.6 Å². The van der Waals surface area contributed by atoms with E-state index in [1.165, 1.54) is 19.3 Å². The van der Waals surface area contributed by atoms with Crippen molar-refractivity contribution in [2.45, 2.75) is 56.5 Å². The first-order chi connectivity index (χ1) is 9.52. The van der Waals surface area contributed by atoms with Crippen molar-refractivity contribution < 1.29 is 4.79 Å². The maximum atomic E-state index is 12.2. The smallest absolute Gasteiger partial charge is 0.315 e. The van der Waals surface area contributed by atoms with E-state index in [1.807, 2.05) is 0 Å². The van der Waals surface area contributed by atoms with Gasteiger partial charge in [0, 0.05) is 19.1 Å². The molecule has 2 amide bonds. The normalized spacial score (nSPS) is 24.1. The third kappa shape index (κ3) is 3.82. The first-order valence-corrected chi connectivity index (χ1v) is 8.00. The number of hydrogen-bond donors (Lipinski definition) is 3. The van der Waals surface area contributed by atoms with Crippen LogP contribution in [0.25, 0.3) is 0 Å². The topological polar surface area (TPSA) is 70.4 Å². The molecule has 2 fully saturated rings. The summed E-state index contributed by atoms with van der Waals surface area (Å²) in [5, 5.41) is 6.13. The van der Waals surface area contributed by atoms with Crippen LogP contribution in [-0.4, -0.2) is 47.6 Å². The maximum Gasteiger partial charge on any atom is 0.315 e. The molecule has 4 N–H and O–H groups in total. The van der Waals surface area contributed by atoms with Gasteiger partial charge in [0.05, 0.1) is 10.5 Å². The molecule has 5 nitrogen and oxygen atoms in total. The Balaban J connectivity index is 1.90. The first kappa shape index (κ1) is 15.5. The molecule has 1 saturated heterocycles. The van der Waals surface area contributed by atoms with Gasteiger partial charge in [0.15, 0.2) is 0 Å². The van der Waals surface area contributed by atoms with Crippen LogP contribution in [0.1, 0.15) is 44.9 Å². The standard InChI is InChI=1S/C14H26N4OS/c1-18-9-7-14(8-10-18,12(15)20)17-13(19)16-11-5-3-2-4-6-11/h11H,2-10H2,1H3,(H2,15,20)(H2,16,17,19). The Hall–Kier alpha value is -0.880. The lowest BCUT2D eigenvalue weighted by atomic mass is 9.87. The Kier molecular flexibility index (Phi) is 5.21. The number of urea groups is 1. The summed E-state index contributed by atoms with van der Waals surface area (Å²) in [5.41, 5.74) is 5.39. The van der Waals surface area contributed by atoms with Crippen LogP contribution in [-0.2, 0) is 0 Å². The first-order valence-electron chi connectivity index (χ1n) is 7.59. The van der Waals surface area contributed by atoms with Crippen molar-refractivity contribution in [3.63, 3.8) is 0 Å². The van der Waals surface area contributed by atoms with Crippen LogP contribution in [0.3, 0.4) is 0 Å². The van der Waals surface area contributed by atoms with E-state index in [0.29, 0.717) is 11.0 Å². The zero-order chi connectivity index (χ0) is 14.6. The molecule has 0 radical (unpaired) electrons. The third-order valence-corrected chi connectivity index (χ3v) is 5.00. The number of piperidine rings is 1. The molecule has 114 valence electrons. The fourth-order valence-corrected chi connectivity index (χ4v) is 3.37. The molecule has 20 heavy (non-hydrogen) atoms. The minimum atomic E-state index is -0.513.